The summed E-state index contributed by atoms with van der Waals surface area (Å²) in [4.78, 5) is 16.7. The molecule has 1 aromatic rings. The van der Waals surface area contributed by atoms with Crippen molar-refractivity contribution in [3.63, 3.8) is 0 Å². The molecule has 1 aliphatic heterocycles. The second-order valence-electron chi connectivity index (χ2n) is 6.18. The van der Waals surface area contributed by atoms with Gasteiger partial charge < -0.3 is 11.1 Å². The van der Waals surface area contributed by atoms with Gasteiger partial charge in [0.1, 0.15) is 5.84 Å². The van der Waals surface area contributed by atoms with Crippen molar-refractivity contribution >= 4 is 34.2 Å². The van der Waals surface area contributed by atoms with Crippen LogP contribution in [0.15, 0.2) is 34.2 Å². The summed E-state index contributed by atoms with van der Waals surface area (Å²) in [6.45, 7) is 4.79. The lowest BCUT2D eigenvalue weighted by atomic mass is 9.92. The first-order chi connectivity index (χ1) is 11.9. The molecule has 0 atom stereocenters. The Morgan fingerprint density at radius 1 is 1.27 bits per heavy atom. The van der Waals surface area contributed by atoms with Crippen molar-refractivity contribution in [1.82, 2.24) is 10.0 Å². The number of hydrogen-bond donors (Lipinski definition) is 3. The number of carbonyl (C=O) groups is 1. The maximum atomic E-state index is 12.1. The lowest BCUT2D eigenvalue weighted by Gasteiger charge is -2.31. The quantitative estimate of drug-likeness (QED) is 0.572. The van der Waals surface area contributed by atoms with Crippen LogP contribution in [0.3, 0.4) is 0 Å². The number of fused-ring (bicyclic) bond motifs is 1. The van der Waals surface area contributed by atoms with E-state index in [4.69, 9.17) is 5.73 Å². The summed E-state index contributed by atoms with van der Waals surface area (Å²) in [5.74, 6) is 0.288. The molecule has 0 aromatic heterocycles. The van der Waals surface area contributed by atoms with Gasteiger partial charge in [-0.2, -0.15) is 0 Å². The number of benzene rings is 1. The second-order valence-corrected chi connectivity index (χ2v) is 7.83. The first-order valence-corrected chi connectivity index (χ1v) is 10.0. The minimum absolute atomic E-state index is 0. The minimum Gasteiger partial charge on any atom is -0.349 e. The van der Waals surface area contributed by atoms with Gasteiger partial charge in [-0.3, -0.25) is 14.5 Å². The molecule has 0 spiro atoms. The molecule has 0 unspecified atom stereocenters. The SMILES string of the molecule is CCC(CC)(CN)NC(=O)CCCN=C1NS(=O)(=O)c2ccccc21.Cl. The third kappa shape index (κ3) is 4.96. The molecule has 0 saturated carbocycles. The number of carbonyl (C=O) groups excluding carboxylic acids is 1. The van der Waals surface area contributed by atoms with Gasteiger partial charge in [0, 0.05) is 25.1 Å². The molecule has 2 rings (SSSR count). The number of halogens is 1. The third-order valence-electron chi connectivity index (χ3n) is 4.64. The molecule has 9 heteroatoms. The van der Waals surface area contributed by atoms with Crippen LogP contribution in [-0.2, 0) is 14.8 Å². The highest BCUT2D eigenvalue weighted by molar-refractivity contribution is 7.90. The maximum Gasteiger partial charge on any atom is 0.263 e. The van der Waals surface area contributed by atoms with Crippen molar-refractivity contribution in [2.45, 2.75) is 50.0 Å². The molecule has 0 bridgehead atoms. The van der Waals surface area contributed by atoms with Gasteiger partial charge in [0.15, 0.2) is 0 Å². The van der Waals surface area contributed by atoms with E-state index in [0.29, 0.717) is 37.3 Å². The molecular formula is C17H27ClN4O3S. The number of nitrogens with two attached hydrogens (primary N) is 1. The predicted molar refractivity (Wildman–Crippen MR) is 105 cm³/mol. The van der Waals surface area contributed by atoms with Crippen LogP contribution in [-0.4, -0.2) is 38.8 Å². The zero-order chi connectivity index (χ0) is 18.5. The highest BCUT2D eigenvalue weighted by Gasteiger charge is 2.30. The molecule has 4 N–H and O–H groups in total. The fourth-order valence-corrected chi connectivity index (χ4v) is 4.06. The number of hydrogen-bond acceptors (Lipinski definition) is 5. The highest BCUT2D eigenvalue weighted by atomic mass is 35.5. The van der Waals surface area contributed by atoms with Gasteiger partial charge in [0.05, 0.1) is 10.4 Å². The number of sulfonamides is 1. The van der Waals surface area contributed by atoms with Gasteiger partial charge in [0.25, 0.3) is 10.0 Å². The average Bonchev–Trinajstić information content (AvgIpc) is 2.88. The van der Waals surface area contributed by atoms with Crippen LogP contribution in [0.4, 0.5) is 0 Å². The first kappa shape index (κ1) is 22.4. The summed E-state index contributed by atoms with van der Waals surface area (Å²) >= 11 is 0. The van der Waals surface area contributed by atoms with E-state index in [2.05, 4.69) is 15.0 Å². The molecule has 1 aliphatic rings. The standard InChI is InChI=1S/C17H26N4O3S.ClH/c1-3-17(4-2,12-18)20-15(22)10-7-11-19-16-13-8-5-6-9-14(13)25(23,24)21-16;/h5-6,8-9H,3-4,7,10-12,18H2,1-2H3,(H,19,21)(H,20,22);1H. The van der Waals surface area contributed by atoms with Crippen molar-refractivity contribution in [2.24, 2.45) is 10.7 Å². The van der Waals surface area contributed by atoms with E-state index < -0.39 is 10.0 Å². The van der Waals surface area contributed by atoms with E-state index >= 15 is 0 Å². The minimum atomic E-state index is -3.52. The average molecular weight is 403 g/mol. The number of aliphatic imine (C=N–C) groups is 1. The van der Waals surface area contributed by atoms with Crippen molar-refractivity contribution in [3.8, 4) is 0 Å². The number of amides is 1. The van der Waals surface area contributed by atoms with Crippen molar-refractivity contribution in [1.29, 1.82) is 0 Å². The molecule has 0 fully saturated rings. The van der Waals surface area contributed by atoms with E-state index in [0.717, 1.165) is 12.8 Å². The van der Waals surface area contributed by atoms with Crippen LogP contribution in [0.1, 0.15) is 45.1 Å². The lowest BCUT2D eigenvalue weighted by molar-refractivity contribution is -0.123. The van der Waals surface area contributed by atoms with E-state index in [1.807, 2.05) is 13.8 Å². The van der Waals surface area contributed by atoms with E-state index in [1.165, 1.54) is 0 Å². The van der Waals surface area contributed by atoms with E-state index in [-0.39, 0.29) is 28.7 Å². The van der Waals surface area contributed by atoms with Gasteiger partial charge in [-0.25, -0.2) is 8.42 Å². The van der Waals surface area contributed by atoms with Crippen LogP contribution in [0.2, 0.25) is 0 Å². The Morgan fingerprint density at radius 2 is 1.92 bits per heavy atom. The Labute approximate surface area is 161 Å². The third-order valence-corrected chi connectivity index (χ3v) is 6.04. The van der Waals surface area contributed by atoms with Crippen LogP contribution < -0.4 is 15.8 Å². The Balaban J connectivity index is 0.00000338. The van der Waals surface area contributed by atoms with Gasteiger partial charge in [-0.1, -0.05) is 26.0 Å². The van der Waals surface area contributed by atoms with Crippen LogP contribution in [0, 0.1) is 0 Å². The zero-order valence-electron chi connectivity index (χ0n) is 15.1. The summed E-state index contributed by atoms with van der Waals surface area (Å²) in [5.41, 5.74) is 6.01. The Morgan fingerprint density at radius 3 is 2.54 bits per heavy atom. The molecular weight excluding hydrogens is 376 g/mol. The molecule has 1 aromatic carbocycles. The van der Waals surface area contributed by atoms with Crippen LogP contribution >= 0.6 is 12.4 Å². The van der Waals surface area contributed by atoms with Gasteiger partial charge in [0.2, 0.25) is 5.91 Å². The van der Waals surface area contributed by atoms with Gasteiger partial charge in [-0.15, -0.1) is 12.4 Å². The van der Waals surface area contributed by atoms with Crippen molar-refractivity contribution in [3.05, 3.63) is 29.8 Å². The predicted octanol–water partition coefficient (Wildman–Crippen LogP) is 1.56. The number of rotatable bonds is 8. The largest absolute Gasteiger partial charge is 0.349 e. The Kier molecular flexibility index (Phi) is 8.05. The van der Waals surface area contributed by atoms with Gasteiger partial charge in [-0.05, 0) is 31.4 Å². The van der Waals surface area contributed by atoms with E-state index in [1.54, 1.807) is 24.3 Å². The highest BCUT2D eigenvalue weighted by Crippen LogP contribution is 2.22. The summed E-state index contributed by atoms with van der Waals surface area (Å²) in [6.07, 6.45) is 2.43. The van der Waals surface area contributed by atoms with Crippen LogP contribution in [0.5, 0.6) is 0 Å². The fourth-order valence-electron chi connectivity index (χ4n) is 2.81. The number of nitrogens with zero attached hydrogens (tertiary/aromatic N) is 1. The topological polar surface area (TPSA) is 114 Å². The van der Waals surface area contributed by atoms with Crippen LogP contribution in [0.25, 0.3) is 0 Å². The van der Waals surface area contributed by atoms with Crippen molar-refractivity contribution in [2.75, 3.05) is 13.1 Å². The normalized spacial score (nSPS) is 16.5. The molecule has 146 valence electrons. The monoisotopic (exact) mass is 402 g/mol. The van der Waals surface area contributed by atoms with E-state index in [9.17, 15) is 13.2 Å². The zero-order valence-corrected chi connectivity index (χ0v) is 16.8. The number of nitrogens with one attached hydrogen (secondary N) is 2. The summed E-state index contributed by atoms with van der Waals surface area (Å²) in [7, 11) is -3.52. The Bertz CT molecular complexity index is 753. The second kappa shape index (κ2) is 9.34. The maximum absolute atomic E-state index is 12.1. The molecule has 1 heterocycles. The fraction of sp³-hybridized carbons (Fsp3) is 0.529. The summed E-state index contributed by atoms with van der Waals surface area (Å²) in [6, 6.07) is 6.72. The smallest absolute Gasteiger partial charge is 0.263 e. The van der Waals surface area contributed by atoms with Gasteiger partial charge >= 0.3 is 0 Å². The summed E-state index contributed by atoms with van der Waals surface area (Å²) < 4.78 is 26.4. The Hall–Kier alpha value is -1.64. The number of amidine groups is 1. The molecule has 26 heavy (non-hydrogen) atoms. The molecule has 0 saturated heterocycles. The molecule has 1 amide bonds. The summed E-state index contributed by atoms with van der Waals surface area (Å²) in [5, 5.41) is 3.01. The van der Waals surface area contributed by atoms with Crippen molar-refractivity contribution < 1.29 is 13.2 Å². The lowest BCUT2D eigenvalue weighted by Crippen LogP contribution is -2.52. The molecule has 0 aliphatic carbocycles. The molecule has 0 radical (unpaired) electrons. The molecule has 7 nitrogen and oxygen atoms in total. The first-order valence-electron chi connectivity index (χ1n) is 8.55.